The molecule has 0 amide bonds. The molecule has 2 aromatic carbocycles. The number of aliphatic carboxylic acids is 1. The summed E-state index contributed by atoms with van der Waals surface area (Å²) < 4.78 is 8.27. The minimum atomic E-state index is -0.904. The first-order valence-electron chi connectivity index (χ1n) is 10.8. The summed E-state index contributed by atoms with van der Waals surface area (Å²) in [5.41, 5.74) is 4.40. The fourth-order valence-corrected chi connectivity index (χ4v) is 4.79. The van der Waals surface area contributed by atoms with Crippen LogP contribution in [0.25, 0.3) is 22.4 Å². The zero-order chi connectivity index (χ0) is 21.6. The molecule has 1 heterocycles. The Morgan fingerprint density at radius 2 is 1.55 bits per heavy atom. The number of benzene rings is 2. The lowest BCUT2D eigenvalue weighted by Gasteiger charge is -2.28. The molecular formula is C25H28N2O3S. The van der Waals surface area contributed by atoms with Crippen molar-refractivity contribution >= 4 is 18.2 Å². The SMILES string of the molecule is O=C(O)COCC1CCC(Cn2[nH]c(-c3ccccc3)c(-c3ccccc3)c2=S)CC1. The van der Waals surface area contributed by atoms with E-state index in [9.17, 15) is 4.79 Å². The molecule has 0 unspecified atom stereocenters. The first kappa shape index (κ1) is 21.5. The van der Waals surface area contributed by atoms with Crippen LogP contribution in [0.15, 0.2) is 60.7 Å². The molecule has 1 aliphatic carbocycles. The monoisotopic (exact) mass is 436 g/mol. The number of aromatic nitrogens is 2. The molecule has 0 radical (unpaired) electrons. The minimum Gasteiger partial charge on any atom is -0.480 e. The molecule has 1 aromatic heterocycles. The van der Waals surface area contributed by atoms with Crippen LogP contribution in [0.1, 0.15) is 25.7 Å². The molecule has 6 heteroatoms. The number of hydrogen-bond acceptors (Lipinski definition) is 3. The van der Waals surface area contributed by atoms with Crippen molar-refractivity contribution in [1.82, 2.24) is 9.78 Å². The van der Waals surface area contributed by atoms with E-state index in [4.69, 9.17) is 22.1 Å². The van der Waals surface area contributed by atoms with Crippen molar-refractivity contribution in [3.05, 3.63) is 65.3 Å². The Balaban J connectivity index is 1.50. The summed E-state index contributed by atoms with van der Waals surface area (Å²) >= 11 is 5.92. The predicted octanol–water partition coefficient (Wildman–Crippen LogP) is 5.79. The number of carbonyl (C=O) groups is 1. The van der Waals surface area contributed by atoms with Gasteiger partial charge in [-0.1, -0.05) is 72.9 Å². The van der Waals surface area contributed by atoms with Crippen LogP contribution < -0.4 is 0 Å². The smallest absolute Gasteiger partial charge is 0.329 e. The molecular weight excluding hydrogens is 408 g/mol. The Kier molecular flexibility index (Phi) is 6.99. The molecule has 0 atom stereocenters. The Morgan fingerprint density at radius 1 is 0.968 bits per heavy atom. The molecule has 1 saturated carbocycles. The molecule has 3 aromatic rings. The Morgan fingerprint density at radius 3 is 2.16 bits per heavy atom. The molecule has 162 valence electrons. The van der Waals surface area contributed by atoms with Crippen LogP contribution in [-0.2, 0) is 16.1 Å². The predicted molar refractivity (Wildman–Crippen MR) is 124 cm³/mol. The van der Waals surface area contributed by atoms with Gasteiger partial charge in [0.25, 0.3) is 0 Å². The molecule has 0 aliphatic heterocycles. The molecule has 0 saturated heterocycles. The normalized spacial score (nSPS) is 18.7. The molecule has 1 fully saturated rings. The van der Waals surface area contributed by atoms with E-state index in [1.54, 1.807) is 0 Å². The van der Waals surface area contributed by atoms with Gasteiger partial charge in [0.05, 0.1) is 12.3 Å². The van der Waals surface area contributed by atoms with Crippen molar-refractivity contribution in [3.8, 4) is 22.4 Å². The summed E-state index contributed by atoms with van der Waals surface area (Å²) in [6.45, 7) is 1.20. The average Bonchev–Trinajstić information content (AvgIpc) is 3.12. The minimum absolute atomic E-state index is 0.206. The lowest BCUT2D eigenvalue weighted by Crippen LogP contribution is -2.23. The second-order valence-electron chi connectivity index (χ2n) is 8.31. The van der Waals surface area contributed by atoms with Crippen LogP contribution in [0.2, 0.25) is 0 Å². The third-order valence-electron chi connectivity index (χ3n) is 6.07. The topological polar surface area (TPSA) is 67.2 Å². The van der Waals surface area contributed by atoms with Crippen LogP contribution in [-0.4, -0.2) is 34.1 Å². The standard InChI is InChI=1S/C25H28N2O3S/c28-22(29)17-30-16-19-13-11-18(12-14-19)15-27-25(31)23(20-7-3-1-4-8-20)24(26-27)21-9-5-2-6-10-21/h1-10,18-19,26H,11-17H2,(H,28,29). The number of hydrogen-bond donors (Lipinski definition) is 2. The molecule has 4 rings (SSSR count). The molecule has 1 aliphatic rings. The third-order valence-corrected chi connectivity index (χ3v) is 6.49. The van der Waals surface area contributed by atoms with Gasteiger partial charge in [0.1, 0.15) is 11.2 Å². The van der Waals surface area contributed by atoms with Gasteiger partial charge in [0.15, 0.2) is 0 Å². The highest BCUT2D eigenvalue weighted by Gasteiger charge is 2.23. The highest BCUT2D eigenvalue weighted by atomic mass is 32.1. The maximum Gasteiger partial charge on any atom is 0.329 e. The lowest BCUT2D eigenvalue weighted by atomic mass is 9.82. The highest BCUT2D eigenvalue weighted by Crippen LogP contribution is 2.34. The molecule has 0 bridgehead atoms. The molecule has 2 N–H and O–H groups in total. The van der Waals surface area contributed by atoms with E-state index in [1.807, 2.05) is 36.4 Å². The lowest BCUT2D eigenvalue weighted by molar-refractivity contribution is -0.142. The number of carboxylic acid groups (broad SMARTS) is 1. The first-order valence-corrected chi connectivity index (χ1v) is 11.3. The third kappa shape index (κ3) is 5.32. The number of ether oxygens (including phenoxy) is 1. The summed E-state index contributed by atoms with van der Waals surface area (Å²) in [5, 5.41) is 12.3. The van der Waals surface area contributed by atoms with Gasteiger partial charge in [0, 0.05) is 17.7 Å². The van der Waals surface area contributed by atoms with E-state index in [0.29, 0.717) is 18.4 Å². The zero-order valence-corrected chi connectivity index (χ0v) is 18.3. The number of nitrogens with zero attached hydrogens (tertiary/aromatic N) is 1. The quantitative estimate of drug-likeness (QED) is 0.439. The van der Waals surface area contributed by atoms with Gasteiger partial charge in [-0.05, 0) is 43.1 Å². The van der Waals surface area contributed by atoms with Gasteiger partial charge >= 0.3 is 5.97 Å². The maximum absolute atomic E-state index is 10.6. The van der Waals surface area contributed by atoms with Crippen LogP contribution >= 0.6 is 12.2 Å². The molecule has 31 heavy (non-hydrogen) atoms. The van der Waals surface area contributed by atoms with Gasteiger partial charge in [-0.25, -0.2) is 4.79 Å². The van der Waals surface area contributed by atoms with Crippen LogP contribution in [0.5, 0.6) is 0 Å². The van der Waals surface area contributed by atoms with Crippen LogP contribution in [0.3, 0.4) is 0 Å². The fourth-order valence-electron chi connectivity index (χ4n) is 4.45. The van der Waals surface area contributed by atoms with Crippen molar-refractivity contribution in [1.29, 1.82) is 0 Å². The van der Waals surface area contributed by atoms with Crippen molar-refractivity contribution in [2.75, 3.05) is 13.2 Å². The van der Waals surface area contributed by atoms with Crippen LogP contribution in [0.4, 0.5) is 0 Å². The summed E-state index contributed by atoms with van der Waals surface area (Å²) in [5.74, 6) is 0.0959. The molecule has 5 nitrogen and oxygen atoms in total. The number of H-pyrrole nitrogens is 1. The zero-order valence-electron chi connectivity index (χ0n) is 17.5. The van der Waals surface area contributed by atoms with Crippen molar-refractivity contribution in [2.24, 2.45) is 11.8 Å². The number of carboxylic acids is 1. The summed E-state index contributed by atoms with van der Waals surface area (Å²) in [4.78, 5) is 10.6. The summed E-state index contributed by atoms with van der Waals surface area (Å²) in [7, 11) is 0. The summed E-state index contributed by atoms with van der Waals surface area (Å²) in [6, 6.07) is 20.7. The fraction of sp³-hybridized carbons (Fsp3) is 0.360. The average molecular weight is 437 g/mol. The van der Waals surface area contributed by atoms with Gasteiger partial charge < -0.3 is 9.84 Å². The van der Waals surface area contributed by atoms with E-state index in [1.165, 1.54) is 0 Å². The van der Waals surface area contributed by atoms with E-state index < -0.39 is 5.97 Å². The van der Waals surface area contributed by atoms with Crippen molar-refractivity contribution in [2.45, 2.75) is 32.2 Å². The largest absolute Gasteiger partial charge is 0.480 e. The second-order valence-corrected chi connectivity index (χ2v) is 8.69. The van der Waals surface area contributed by atoms with Gasteiger partial charge in [-0.15, -0.1) is 0 Å². The van der Waals surface area contributed by atoms with Crippen LogP contribution in [0, 0.1) is 16.5 Å². The van der Waals surface area contributed by atoms with E-state index >= 15 is 0 Å². The highest BCUT2D eigenvalue weighted by molar-refractivity contribution is 7.71. The summed E-state index contributed by atoms with van der Waals surface area (Å²) in [6.07, 6.45) is 4.33. The van der Waals surface area contributed by atoms with Gasteiger partial charge in [-0.3, -0.25) is 9.78 Å². The van der Waals surface area contributed by atoms with E-state index in [2.05, 4.69) is 34.0 Å². The Labute approximate surface area is 187 Å². The van der Waals surface area contributed by atoms with Crippen molar-refractivity contribution < 1.29 is 14.6 Å². The van der Waals surface area contributed by atoms with Gasteiger partial charge in [0.2, 0.25) is 0 Å². The first-order chi connectivity index (χ1) is 15.1. The molecule has 0 spiro atoms. The maximum atomic E-state index is 10.6. The van der Waals surface area contributed by atoms with Gasteiger partial charge in [-0.2, -0.15) is 0 Å². The number of rotatable bonds is 8. The number of nitrogens with one attached hydrogen (secondary N) is 1. The Bertz CT molecular complexity index is 1050. The Hall–Kier alpha value is -2.70. The number of aromatic amines is 1. The van der Waals surface area contributed by atoms with Crippen molar-refractivity contribution in [3.63, 3.8) is 0 Å². The van der Waals surface area contributed by atoms with E-state index in [0.717, 1.165) is 59.3 Å². The second kappa shape index (κ2) is 10.1. The van der Waals surface area contributed by atoms with E-state index in [-0.39, 0.29) is 6.61 Å².